The summed E-state index contributed by atoms with van der Waals surface area (Å²) in [6.07, 6.45) is 1.81. The third-order valence-corrected chi connectivity index (χ3v) is 4.59. The molecule has 170 valence electrons. The summed E-state index contributed by atoms with van der Waals surface area (Å²) in [7, 11) is 1.57. The predicted octanol–water partition coefficient (Wildman–Crippen LogP) is 2.70. The van der Waals surface area contributed by atoms with Gasteiger partial charge >= 0.3 is 12.6 Å². The summed E-state index contributed by atoms with van der Waals surface area (Å²) in [6.45, 7) is 8.65. The Bertz CT molecular complexity index is 760. The molecule has 2 heterocycles. The molecule has 9 nitrogen and oxygen atoms in total. The number of halogens is 2. The van der Waals surface area contributed by atoms with Crippen molar-refractivity contribution in [1.82, 2.24) is 25.1 Å². The van der Waals surface area contributed by atoms with E-state index in [1.54, 1.807) is 32.7 Å². The number of hydrogen-bond donors (Lipinski definition) is 2. The predicted molar refractivity (Wildman–Crippen MR) is 108 cm³/mol. The third-order valence-electron chi connectivity index (χ3n) is 4.59. The number of carbonyl (C=O) groups is 1. The lowest BCUT2D eigenvalue weighted by Gasteiger charge is -2.35. The van der Waals surface area contributed by atoms with Gasteiger partial charge in [-0.15, -0.1) is 0 Å². The minimum absolute atomic E-state index is 0.0645. The van der Waals surface area contributed by atoms with Gasteiger partial charge in [-0.05, 0) is 41.5 Å². The minimum atomic E-state index is -2.67. The second-order valence-electron chi connectivity index (χ2n) is 8.52. The number of amides is 1. The van der Waals surface area contributed by atoms with Crippen molar-refractivity contribution < 1.29 is 23.0 Å². The number of carbonyl (C=O) groups excluding carboxylic acids is 1. The molecule has 2 rings (SSSR count). The SMILES string of the molecule is CN=C(NCc1nccn1C(F)F)NCC1C(C)OC(C)(C)N1C(=O)OC(C)(C)C. The second kappa shape index (κ2) is 9.15. The van der Waals surface area contributed by atoms with Gasteiger partial charge in [0, 0.05) is 26.0 Å². The molecule has 1 fully saturated rings. The van der Waals surface area contributed by atoms with Gasteiger partial charge in [0.2, 0.25) is 0 Å². The highest BCUT2D eigenvalue weighted by Gasteiger charge is 2.49. The molecular formula is C19H32F2N6O3. The molecule has 0 bridgehead atoms. The van der Waals surface area contributed by atoms with Crippen molar-refractivity contribution in [3.05, 3.63) is 18.2 Å². The van der Waals surface area contributed by atoms with Crippen LogP contribution in [0.4, 0.5) is 13.6 Å². The summed E-state index contributed by atoms with van der Waals surface area (Å²) < 4.78 is 38.2. The summed E-state index contributed by atoms with van der Waals surface area (Å²) in [5.41, 5.74) is -1.48. The van der Waals surface area contributed by atoms with E-state index < -0.39 is 24.0 Å². The van der Waals surface area contributed by atoms with E-state index >= 15 is 0 Å². The quantitative estimate of drug-likeness (QED) is 0.551. The molecule has 1 aromatic heterocycles. The Labute approximate surface area is 175 Å². The number of hydrogen-bond acceptors (Lipinski definition) is 5. The van der Waals surface area contributed by atoms with Crippen molar-refractivity contribution in [2.24, 2.45) is 4.99 Å². The van der Waals surface area contributed by atoms with Crippen LogP contribution in [0, 0.1) is 0 Å². The summed E-state index contributed by atoms with van der Waals surface area (Å²) in [5.74, 6) is 0.571. The van der Waals surface area contributed by atoms with Crippen LogP contribution in [0.15, 0.2) is 17.4 Å². The van der Waals surface area contributed by atoms with Crippen molar-refractivity contribution in [3.8, 4) is 0 Å². The molecule has 2 atom stereocenters. The molecular weight excluding hydrogens is 398 g/mol. The molecule has 11 heteroatoms. The Kier molecular flexibility index (Phi) is 7.27. The normalized spacial score (nSPS) is 21.8. The number of rotatable bonds is 5. The Morgan fingerprint density at radius 2 is 2.07 bits per heavy atom. The summed E-state index contributed by atoms with van der Waals surface area (Å²) in [5, 5.41) is 6.08. The van der Waals surface area contributed by atoms with Gasteiger partial charge in [-0.25, -0.2) is 9.78 Å². The van der Waals surface area contributed by atoms with Crippen LogP contribution < -0.4 is 10.6 Å². The van der Waals surface area contributed by atoms with Crippen LogP contribution in [0.2, 0.25) is 0 Å². The first-order chi connectivity index (χ1) is 13.9. The number of nitrogens with one attached hydrogen (secondary N) is 2. The molecule has 1 aliphatic rings. The van der Waals surface area contributed by atoms with Crippen molar-refractivity contribution in [2.75, 3.05) is 13.6 Å². The lowest BCUT2D eigenvalue weighted by Crippen LogP contribution is -2.54. The Morgan fingerprint density at radius 3 is 2.63 bits per heavy atom. The van der Waals surface area contributed by atoms with Crippen LogP contribution in [0.3, 0.4) is 0 Å². The largest absolute Gasteiger partial charge is 0.444 e. The fourth-order valence-electron chi connectivity index (χ4n) is 3.37. The molecule has 2 unspecified atom stereocenters. The van der Waals surface area contributed by atoms with Crippen LogP contribution in [0.1, 0.15) is 53.9 Å². The lowest BCUT2D eigenvalue weighted by atomic mass is 10.1. The number of alkyl halides is 2. The molecule has 1 amide bonds. The van der Waals surface area contributed by atoms with Gasteiger partial charge in [0.05, 0.1) is 18.7 Å². The van der Waals surface area contributed by atoms with E-state index in [0.717, 1.165) is 4.57 Å². The maximum absolute atomic E-state index is 13.0. The van der Waals surface area contributed by atoms with Gasteiger partial charge in [-0.1, -0.05) is 0 Å². The van der Waals surface area contributed by atoms with E-state index in [0.29, 0.717) is 12.5 Å². The van der Waals surface area contributed by atoms with Gasteiger partial charge in [0.25, 0.3) is 0 Å². The van der Waals surface area contributed by atoms with Crippen LogP contribution in [-0.4, -0.2) is 63.6 Å². The summed E-state index contributed by atoms with van der Waals surface area (Å²) in [6, 6.07) is -0.323. The topological polar surface area (TPSA) is 93.0 Å². The van der Waals surface area contributed by atoms with E-state index in [9.17, 15) is 13.6 Å². The van der Waals surface area contributed by atoms with Crippen LogP contribution in [0.25, 0.3) is 0 Å². The smallest absolute Gasteiger partial charge is 0.412 e. The van der Waals surface area contributed by atoms with Crippen molar-refractivity contribution in [3.63, 3.8) is 0 Å². The first-order valence-corrected chi connectivity index (χ1v) is 9.80. The molecule has 1 aromatic rings. The molecule has 0 aromatic carbocycles. The van der Waals surface area contributed by atoms with Gasteiger partial charge < -0.3 is 20.1 Å². The van der Waals surface area contributed by atoms with Crippen molar-refractivity contribution in [2.45, 2.75) is 78.1 Å². The maximum atomic E-state index is 13.0. The van der Waals surface area contributed by atoms with E-state index in [-0.39, 0.29) is 24.5 Å². The zero-order chi connectivity index (χ0) is 22.7. The number of ether oxygens (including phenoxy) is 2. The molecule has 1 aliphatic heterocycles. The summed E-state index contributed by atoms with van der Waals surface area (Å²) in [4.78, 5) is 22.4. The van der Waals surface area contributed by atoms with E-state index in [1.165, 1.54) is 12.4 Å². The highest BCUT2D eigenvalue weighted by Crippen LogP contribution is 2.33. The number of aliphatic imine (C=N–C) groups is 1. The molecule has 0 aliphatic carbocycles. The Hall–Kier alpha value is -2.43. The van der Waals surface area contributed by atoms with Gasteiger partial charge in [0.15, 0.2) is 5.96 Å². The highest BCUT2D eigenvalue weighted by atomic mass is 19.3. The molecule has 0 spiro atoms. The zero-order valence-corrected chi connectivity index (χ0v) is 18.6. The maximum Gasteiger partial charge on any atom is 0.412 e. The number of guanidine groups is 1. The average Bonchev–Trinajstić information content (AvgIpc) is 3.15. The summed E-state index contributed by atoms with van der Waals surface area (Å²) >= 11 is 0. The number of nitrogens with zero attached hydrogens (tertiary/aromatic N) is 4. The van der Waals surface area contributed by atoms with E-state index in [1.807, 2.05) is 20.8 Å². The van der Waals surface area contributed by atoms with Crippen LogP contribution >= 0.6 is 0 Å². The van der Waals surface area contributed by atoms with Crippen LogP contribution in [0.5, 0.6) is 0 Å². The van der Waals surface area contributed by atoms with Gasteiger partial charge in [-0.3, -0.25) is 14.5 Å². The lowest BCUT2D eigenvalue weighted by molar-refractivity contribution is -0.0755. The Balaban J connectivity index is 2.03. The van der Waals surface area contributed by atoms with E-state index in [2.05, 4.69) is 20.6 Å². The minimum Gasteiger partial charge on any atom is -0.444 e. The van der Waals surface area contributed by atoms with Gasteiger partial charge in [0.1, 0.15) is 17.2 Å². The van der Waals surface area contributed by atoms with Crippen molar-refractivity contribution >= 4 is 12.1 Å². The van der Waals surface area contributed by atoms with E-state index in [4.69, 9.17) is 9.47 Å². The van der Waals surface area contributed by atoms with Crippen LogP contribution in [-0.2, 0) is 16.0 Å². The first-order valence-electron chi connectivity index (χ1n) is 9.80. The fraction of sp³-hybridized carbons (Fsp3) is 0.737. The molecule has 1 saturated heterocycles. The molecule has 0 saturated carbocycles. The molecule has 2 N–H and O–H groups in total. The first kappa shape index (κ1) is 23.8. The standard InChI is InChI=1S/C19H32F2N6O3/c1-12-13(27(19(5,6)29-12)17(28)30-18(2,3)4)10-24-16(22-7)25-11-14-23-8-9-26(14)15(20)21/h8-9,12-13,15H,10-11H2,1-7H3,(H2,22,24,25). The average molecular weight is 431 g/mol. The highest BCUT2D eigenvalue weighted by molar-refractivity contribution is 5.79. The third kappa shape index (κ3) is 5.80. The van der Waals surface area contributed by atoms with Gasteiger partial charge in [-0.2, -0.15) is 8.78 Å². The number of aromatic nitrogens is 2. The molecule has 0 radical (unpaired) electrons. The number of imidazole rings is 1. The fourth-order valence-corrected chi connectivity index (χ4v) is 3.37. The second-order valence-corrected chi connectivity index (χ2v) is 8.52. The van der Waals surface area contributed by atoms with Crippen molar-refractivity contribution in [1.29, 1.82) is 0 Å². The zero-order valence-electron chi connectivity index (χ0n) is 18.6. The monoisotopic (exact) mass is 430 g/mol. The molecule has 30 heavy (non-hydrogen) atoms. The Morgan fingerprint density at radius 1 is 1.40 bits per heavy atom.